The average Bonchev–Trinajstić information content (AvgIpc) is 2.66. The fourth-order valence-electron chi connectivity index (χ4n) is 4.03. The van der Waals surface area contributed by atoms with Crippen LogP contribution in [0.25, 0.3) is 0 Å². The maximum absolute atomic E-state index is 12.7. The van der Waals surface area contributed by atoms with E-state index in [1.807, 2.05) is 6.07 Å². The molecule has 2 fully saturated rings. The number of amides is 1. The van der Waals surface area contributed by atoms with Crippen molar-refractivity contribution in [3.8, 4) is 6.07 Å². The summed E-state index contributed by atoms with van der Waals surface area (Å²) >= 11 is 0. The normalized spacial score (nSPS) is 17.4. The Labute approximate surface area is 169 Å². The van der Waals surface area contributed by atoms with Gasteiger partial charge in [0.05, 0.1) is 5.56 Å². The van der Waals surface area contributed by atoms with E-state index in [9.17, 15) is 14.9 Å². The molecule has 2 aromatic rings. The molecule has 150 valence electrons. The van der Waals surface area contributed by atoms with Crippen LogP contribution in [0.1, 0.15) is 65.3 Å². The van der Waals surface area contributed by atoms with E-state index in [0.717, 1.165) is 32.1 Å². The predicted octanol–water partition coefficient (Wildman–Crippen LogP) is 2.88. The minimum Gasteiger partial charge on any atom is -0.427 e. The van der Waals surface area contributed by atoms with Crippen molar-refractivity contribution in [2.45, 2.75) is 51.0 Å². The molecule has 2 aromatic heterocycles. The minimum absolute atomic E-state index is 0.0295. The number of aryl methyl sites for hydroxylation is 1. The first-order valence-electron chi connectivity index (χ1n) is 10.1. The van der Waals surface area contributed by atoms with Gasteiger partial charge >= 0.3 is 5.63 Å². The lowest BCUT2D eigenvalue weighted by molar-refractivity contribution is 0.0925. The number of nitriles is 1. The fourth-order valence-corrected chi connectivity index (χ4v) is 4.03. The van der Waals surface area contributed by atoms with Gasteiger partial charge in [0, 0.05) is 31.2 Å². The number of rotatable bonds is 4. The molecule has 1 amide bonds. The van der Waals surface area contributed by atoms with E-state index in [0.29, 0.717) is 41.7 Å². The summed E-state index contributed by atoms with van der Waals surface area (Å²) < 4.78 is 5.44. The highest BCUT2D eigenvalue weighted by molar-refractivity contribution is 5.95. The Morgan fingerprint density at radius 2 is 2.07 bits per heavy atom. The number of piperidine rings is 1. The van der Waals surface area contributed by atoms with E-state index in [1.165, 1.54) is 0 Å². The van der Waals surface area contributed by atoms with Crippen molar-refractivity contribution in [1.82, 2.24) is 10.3 Å². The molecule has 0 atom stereocenters. The molecule has 1 aliphatic heterocycles. The van der Waals surface area contributed by atoms with Gasteiger partial charge in [-0.15, -0.1) is 0 Å². The van der Waals surface area contributed by atoms with Gasteiger partial charge < -0.3 is 14.6 Å². The summed E-state index contributed by atoms with van der Waals surface area (Å²) in [5, 5.41) is 12.2. The molecule has 7 nitrogen and oxygen atoms in total. The Hall–Kier alpha value is -3.14. The second-order valence-corrected chi connectivity index (χ2v) is 7.84. The number of pyridine rings is 1. The third-order valence-electron chi connectivity index (χ3n) is 5.94. The average molecular weight is 392 g/mol. The predicted molar refractivity (Wildman–Crippen MR) is 108 cm³/mol. The number of nitrogens with zero attached hydrogens (tertiary/aromatic N) is 3. The molecule has 0 bridgehead atoms. The maximum atomic E-state index is 12.7. The fraction of sp³-hybridized carbons (Fsp3) is 0.455. The van der Waals surface area contributed by atoms with Crippen molar-refractivity contribution in [2.24, 2.45) is 0 Å². The first-order valence-corrected chi connectivity index (χ1v) is 10.1. The second kappa shape index (κ2) is 8.08. The van der Waals surface area contributed by atoms with Crippen LogP contribution in [-0.4, -0.2) is 30.0 Å². The summed E-state index contributed by atoms with van der Waals surface area (Å²) in [4.78, 5) is 31.5. The molecule has 7 heteroatoms. The Balaban J connectivity index is 1.40. The van der Waals surface area contributed by atoms with Gasteiger partial charge in [-0.3, -0.25) is 4.79 Å². The smallest absolute Gasteiger partial charge is 0.349 e. The topological polar surface area (TPSA) is 99.2 Å². The van der Waals surface area contributed by atoms with Gasteiger partial charge in [0.25, 0.3) is 5.91 Å². The molecule has 0 unspecified atom stereocenters. The molecule has 4 rings (SSSR count). The van der Waals surface area contributed by atoms with Crippen LogP contribution in [0.4, 0.5) is 5.82 Å². The number of carbonyl (C=O) groups is 1. The van der Waals surface area contributed by atoms with E-state index in [2.05, 4.69) is 21.3 Å². The zero-order valence-electron chi connectivity index (χ0n) is 16.5. The Morgan fingerprint density at radius 3 is 2.69 bits per heavy atom. The van der Waals surface area contributed by atoms with Gasteiger partial charge in [0.2, 0.25) is 0 Å². The molecular weight excluding hydrogens is 368 g/mol. The number of anilines is 1. The monoisotopic (exact) mass is 392 g/mol. The molecule has 1 aliphatic carbocycles. The maximum Gasteiger partial charge on any atom is 0.349 e. The molecule has 1 saturated carbocycles. The highest BCUT2D eigenvalue weighted by Crippen LogP contribution is 2.36. The molecule has 2 aliphatic rings. The van der Waals surface area contributed by atoms with Crippen molar-refractivity contribution >= 4 is 11.7 Å². The van der Waals surface area contributed by atoms with Gasteiger partial charge in [0.15, 0.2) is 0 Å². The third kappa shape index (κ3) is 3.88. The van der Waals surface area contributed by atoms with Crippen LogP contribution in [0.5, 0.6) is 0 Å². The molecule has 29 heavy (non-hydrogen) atoms. The quantitative estimate of drug-likeness (QED) is 0.859. The molecule has 1 N–H and O–H groups in total. The van der Waals surface area contributed by atoms with Crippen molar-refractivity contribution in [3.63, 3.8) is 0 Å². The second-order valence-electron chi connectivity index (χ2n) is 7.84. The van der Waals surface area contributed by atoms with Gasteiger partial charge in [0.1, 0.15) is 23.2 Å². The number of hydrogen-bond acceptors (Lipinski definition) is 6. The van der Waals surface area contributed by atoms with Crippen LogP contribution in [0.2, 0.25) is 0 Å². The first-order chi connectivity index (χ1) is 14.1. The Morgan fingerprint density at radius 1 is 1.31 bits per heavy atom. The highest BCUT2D eigenvalue weighted by atomic mass is 16.4. The number of aromatic nitrogens is 1. The summed E-state index contributed by atoms with van der Waals surface area (Å²) in [6.07, 6.45) is 6.35. The molecular formula is C22H24N4O3. The van der Waals surface area contributed by atoms with Crippen LogP contribution < -0.4 is 15.8 Å². The number of nitrogens with one attached hydrogen (secondary N) is 1. The van der Waals surface area contributed by atoms with E-state index < -0.39 is 5.63 Å². The lowest BCUT2D eigenvalue weighted by atomic mass is 9.83. The summed E-state index contributed by atoms with van der Waals surface area (Å²) in [7, 11) is 0. The van der Waals surface area contributed by atoms with Gasteiger partial charge in [-0.25, -0.2) is 9.78 Å². The lowest BCUT2D eigenvalue weighted by Crippen LogP contribution is -2.46. The van der Waals surface area contributed by atoms with Crippen molar-refractivity contribution in [3.05, 3.63) is 57.3 Å². The first kappa shape index (κ1) is 19.2. The standard InChI is InChI=1S/C22H24N4O3/c1-14-12-18(15-4-2-5-15)29-22(28)19(14)21(27)25-17-7-10-26(11-8-17)20-16(13-23)6-3-9-24-20/h3,6,9,12,15,17H,2,4-5,7-8,10-11H2,1H3,(H,25,27). The van der Waals surface area contributed by atoms with Crippen LogP contribution >= 0.6 is 0 Å². The largest absolute Gasteiger partial charge is 0.427 e. The van der Waals surface area contributed by atoms with E-state index in [-0.39, 0.29) is 17.5 Å². The Kier molecular flexibility index (Phi) is 5.34. The lowest BCUT2D eigenvalue weighted by Gasteiger charge is -2.33. The summed E-state index contributed by atoms with van der Waals surface area (Å²) in [5.74, 6) is 1.33. The zero-order valence-corrected chi connectivity index (χ0v) is 16.5. The summed E-state index contributed by atoms with van der Waals surface area (Å²) in [6.45, 7) is 3.16. The van der Waals surface area contributed by atoms with Crippen LogP contribution in [0.3, 0.4) is 0 Å². The SMILES string of the molecule is Cc1cc(C2CCC2)oc(=O)c1C(=O)NC1CCN(c2ncccc2C#N)CC1. The molecule has 0 radical (unpaired) electrons. The van der Waals surface area contributed by atoms with Crippen molar-refractivity contribution < 1.29 is 9.21 Å². The molecule has 0 aromatic carbocycles. The van der Waals surface area contributed by atoms with E-state index in [4.69, 9.17) is 4.42 Å². The molecule has 0 spiro atoms. The van der Waals surface area contributed by atoms with E-state index >= 15 is 0 Å². The van der Waals surface area contributed by atoms with Gasteiger partial charge in [-0.05, 0) is 56.4 Å². The molecule has 1 saturated heterocycles. The minimum atomic E-state index is -0.547. The van der Waals surface area contributed by atoms with Crippen LogP contribution in [-0.2, 0) is 0 Å². The van der Waals surface area contributed by atoms with Crippen molar-refractivity contribution in [2.75, 3.05) is 18.0 Å². The number of hydrogen-bond donors (Lipinski definition) is 1. The van der Waals surface area contributed by atoms with E-state index in [1.54, 1.807) is 25.3 Å². The van der Waals surface area contributed by atoms with Crippen LogP contribution in [0.15, 0.2) is 33.6 Å². The number of carbonyl (C=O) groups excluding carboxylic acids is 1. The molecule has 3 heterocycles. The summed E-state index contributed by atoms with van der Waals surface area (Å²) in [5.41, 5.74) is 0.779. The summed E-state index contributed by atoms with van der Waals surface area (Å²) in [6, 6.07) is 7.49. The third-order valence-corrected chi connectivity index (χ3v) is 5.94. The Bertz CT molecular complexity index is 1010. The van der Waals surface area contributed by atoms with Gasteiger partial charge in [-0.1, -0.05) is 6.42 Å². The highest BCUT2D eigenvalue weighted by Gasteiger charge is 2.27. The van der Waals surface area contributed by atoms with Crippen LogP contribution in [0, 0.1) is 18.3 Å². The van der Waals surface area contributed by atoms with Gasteiger partial charge in [-0.2, -0.15) is 5.26 Å². The zero-order chi connectivity index (χ0) is 20.4. The van der Waals surface area contributed by atoms with Crippen molar-refractivity contribution in [1.29, 1.82) is 5.26 Å².